The molecule has 2 atom stereocenters. The predicted molar refractivity (Wildman–Crippen MR) is 41.9 cm³/mol. The van der Waals surface area contributed by atoms with Crippen LogP contribution in [0, 0.1) is 0 Å². The normalized spacial score (nSPS) is 34.8. The van der Waals surface area contributed by atoms with Crippen LogP contribution in [0.3, 0.4) is 0 Å². The number of hydrogen-bond acceptors (Lipinski definition) is 3. The van der Waals surface area contributed by atoms with Crippen LogP contribution in [0.25, 0.3) is 0 Å². The minimum atomic E-state index is -0.175. The Morgan fingerprint density at radius 2 is 2.42 bits per heavy atom. The fraction of sp³-hybridized carbons (Fsp3) is 0.875. The summed E-state index contributed by atoms with van der Waals surface area (Å²) in [6, 6.07) is 0.260. The van der Waals surface area contributed by atoms with Crippen LogP contribution in [-0.2, 0) is 9.47 Å². The maximum Gasteiger partial charge on any atom is 0.410 e. The molecule has 0 aliphatic carbocycles. The third-order valence-electron chi connectivity index (χ3n) is 2.66. The first kappa shape index (κ1) is 7.86. The van der Waals surface area contributed by atoms with E-state index < -0.39 is 0 Å². The van der Waals surface area contributed by atoms with Gasteiger partial charge in [-0.1, -0.05) is 0 Å². The molecule has 1 amide bonds. The zero-order valence-corrected chi connectivity index (χ0v) is 7.16. The fourth-order valence-corrected chi connectivity index (χ4v) is 2.02. The zero-order chi connectivity index (χ0) is 8.55. The van der Waals surface area contributed by atoms with Crippen molar-refractivity contribution in [1.29, 1.82) is 0 Å². The molecule has 4 heteroatoms. The highest BCUT2D eigenvalue weighted by Gasteiger charge is 2.40. The molecule has 0 aromatic heterocycles. The van der Waals surface area contributed by atoms with E-state index in [4.69, 9.17) is 9.47 Å². The maximum absolute atomic E-state index is 11.2. The SMILES string of the molecule is CO[C@@H]1CCN2C(=O)OCC[C@H]12. The van der Waals surface area contributed by atoms with Crippen LogP contribution in [0.1, 0.15) is 12.8 Å². The van der Waals surface area contributed by atoms with Gasteiger partial charge >= 0.3 is 6.09 Å². The lowest BCUT2D eigenvalue weighted by atomic mass is 10.1. The standard InChI is InChI=1S/C8H13NO3/c1-11-7-2-4-9-6(7)3-5-12-8(9)10/h6-7H,2-5H2,1H3/t6-,7-/m1/s1. The summed E-state index contributed by atoms with van der Waals surface area (Å²) in [6.07, 6.45) is 1.89. The van der Waals surface area contributed by atoms with E-state index in [9.17, 15) is 4.79 Å². The average molecular weight is 171 g/mol. The summed E-state index contributed by atoms with van der Waals surface area (Å²) in [6.45, 7) is 1.32. The molecule has 0 unspecified atom stereocenters. The summed E-state index contributed by atoms with van der Waals surface area (Å²) >= 11 is 0. The first-order chi connectivity index (χ1) is 5.83. The first-order valence-electron chi connectivity index (χ1n) is 4.29. The van der Waals surface area contributed by atoms with E-state index in [0.29, 0.717) is 6.61 Å². The number of nitrogens with zero attached hydrogens (tertiary/aromatic N) is 1. The molecule has 2 heterocycles. The molecule has 0 radical (unpaired) electrons. The molecule has 2 saturated heterocycles. The summed E-state index contributed by atoms with van der Waals surface area (Å²) in [4.78, 5) is 13.0. The number of carbonyl (C=O) groups excluding carboxylic acids is 1. The van der Waals surface area contributed by atoms with Crippen LogP contribution in [-0.4, -0.2) is 43.4 Å². The lowest BCUT2D eigenvalue weighted by Gasteiger charge is -2.30. The van der Waals surface area contributed by atoms with Crippen molar-refractivity contribution in [1.82, 2.24) is 4.90 Å². The topological polar surface area (TPSA) is 38.8 Å². The second-order valence-electron chi connectivity index (χ2n) is 3.23. The minimum Gasteiger partial charge on any atom is -0.449 e. The summed E-state index contributed by atoms with van der Waals surface area (Å²) in [7, 11) is 1.70. The number of cyclic esters (lactones) is 1. The van der Waals surface area contributed by atoms with Crippen LogP contribution in [0.15, 0.2) is 0 Å². The summed E-state index contributed by atoms with van der Waals surface area (Å²) < 4.78 is 10.2. The van der Waals surface area contributed by atoms with Gasteiger partial charge in [0.25, 0.3) is 0 Å². The fourth-order valence-electron chi connectivity index (χ4n) is 2.02. The molecule has 0 aromatic carbocycles. The van der Waals surface area contributed by atoms with E-state index in [-0.39, 0.29) is 18.2 Å². The molecule has 2 aliphatic rings. The van der Waals surface area contributed by atoms with E-state index in [1.807, 2.05) is 0 Å². The molecule has 0 aromatic rings. The quantitative estimate of drug-likeness (QED) is 0.580. The minimum absolute atomic E-state index is 0.175. The lowest BCUT2D eigenvalue weighted by molar-refractivity contribution is 0.0157. The third kappa shape index (κ3) is 1.06. The molecule has 2 aliphatic heterocycles. The molecule has 12 heavy (non-hydrogen) atoms. The number of methoxy groups -OCH3 is 1. The van der Waals surface area contributed by atoms with Gasteiger partial charge in [0.2, 0.25) is 0 Å². The van der Waals surface area contributed by atoms with Crippen molar-refractivity contribution in [3.63, 3.8) is 0 Å². The molecule has 2 fully saturated rings. The van der Waals surface area contributed by atoms with Crippen LogP contribution >= 0.6 is 0 Å². The van der Waals surface area contributed by atoms with Crippen molar-refractivity contribution in [3.8, 4) is 0 Å². The van der Waals surface area contributed by atoms with Gasteiger partial charge < -0.3 is 14.4 Å². The zero-order valence-electron chi connectivity index (χ0n) is 7.16. The highest BCUT2D eigenvalue weighted by molar-refractivity contribution is 5.69. The van der Waals surface area contributed by atoms with Crippen molar-refractivity contribution < 1.29 is 14.3 Å². The number of carbonyl (C=O) groups is 1. The Hall–Kier alpha value is -0.770. The Bertz CT molecular complexity index is 195. The third-order valence-corrected chi connectivity index (χ3v) is 2.66. The van der Waals surface area contributed by atoms with Crippen molar-refractivity contribution >= 4 is 6.09 Å². The van der Waals surface area contributed by atoms with E-state index in [1.54, 1.807) is 12.0 Å². The Morgan fingerprint density at radius 3 is 3.17 bits per heavy atom. The summed E-state index contributed by atoms with van der Waals surface area (Å²) in [5.74, 6) is 0. The second kappa shape index (κ2) is 2.94. The van der Waals surface area contributed by atoms with Gasteiger partial charge in [0.15, 0.2) is 0 Å². The monoisotopic (exact) mass is 171 g/mol. The number of amides is 1. The Morgan fingerprint density at radius 1 is 1.58 bits per heavy atom. The Balaban J connectivity index is 2.08. The van der Waals surface area contributed by atoms with E-state index in [0.717, 1.165) is 19.4 Å². The van der Waals surface area contributed by atoms with Gasteiger partial charge in [0, 0.05) is 20.1 Å². The molecule has 0 spiro atoms. The average Bonchev–Trinajstić information content (AvgIpc) is 2.49. The summed E-state index contributed by atoms with van der Waals surface area (Å²) in [5, 5.41) is 0. The molecule has 2 rings (SSSR count). The molecular weight excluding hydrogens is 158 g/mol. The molecule has 68 valence electrons. The van der Waals surface area contributed by atoms with E-state index >= 15 is 0 Å². The molecule has 0 N–H and O–H groups in total. The van der Waals surface area contributed by atoms with Gasteiger partial charge in [0.1, 0.15) is 0 Å². The number of hydrogen-bond donors (Lipinski definition) is 0. The van der Waals surface area contributed by atoms with Crippen molar-refractivity contribution in [2.24, 2.45) is 0 Å². The van der Waals surface area contributed by atoms with Gasteiger partial charge in [-0.3, -0.25) is 0 Å². The van der Waals surface area contributed by atoms with Crippen molar-refractivity contribution in [3.05, 3.63) is 0 Å². The van der Waals surface area contributed by atoms with Crippen LogP contribution in [0.5, 0.6) is 0 Å². The molecule has 0 saturated carbocycles. The van der Waals surface area contributed by atoms with E-state index in [1.165, 1.54) is 0 Å². The Kier molecular flexibility index (Phi) is 1.92. The van der Waals surface area contributed by atoms with Gasteiger partial charge in [0.05, 0.1) is 18.8 Å². The molecule has 4 nitrogen and oxygen atoms in total. The van der Waals surface area contributed by atoms with Crippen LogP contribution in [0.2, 0.25) is 0 Å². The van der Waals surface area contributed by atoms with Crippen molar-refractivity contribution in [2.45, 2.75) is 25.0 Å². The van der Waals surface area contributed by atoms with Gasteiger partial charge in [-0.05, 0) is 6.42 Å². The highest BCUT2D eigenvalue weighted by Crippen LogP contribution is 2.26. The summed E-state index contributed by atoms with van der Waals surface area (Å²) in [5.41, 5.74) is 0. The molecular formula is C8H13NO3. The van der Waals surface area contributed by atoms with Crippen LogP contribution in [0.4, 0.5) is 4.79 Å². The second-order valence-corrected chi connectivity index (χ2v) is 3.23. The number of rotatable bonds is 1. The molecule has 0 bridgehead atoms. The highest BCUT2D eigenvalue weighted by atomic mass is 16.6. The van der Waals surface area contributed by atoms with Gasteiger partial charge in [-0.15, -0.1) is 0 Å². The predicted octanol–water partition coefficient (Wildman–Crippen LogP) is 0.616. The van der Waals surface area contributed by atoms with Gasteiger partial charge in [-0.25, -0.2) is 4.79 Å². The first-order valence-corrected chi connectivity index (χ1v) is 4.29. The van der Waals surface area contributed by atoms with Gasteiger partial charge in [-0.2, -0.15) is 0 Å². The maximum atomic E-state index is 11.2. The van der Waals surface area contributed by atoms with E-state index in [2.05, 4.69) is 0 Å². The Labute approximate surface area is 71.4 Å². The lowest BCUT2D eigenvalue weighted by Crippen LogP contribution is -2.45. The number of ether oxygens (including phenoxy) is 2. The van der Waals surface area contributed by atoms with Crippen LogP contribution < -0.4 is 0 Å². The largest absolute Gasteiger partial charge is 0.449 e. The smallest absolute Gasteiger partial charge is 0.410 e. The number of fused-ring (bicyclic) bond motifs is 1. The van der Waals surface area contributed by atoms with Crippen molar-refractivity contribution in [2.75, 3.05) is 20.3 Å².